The van der Waals surface area contributed by atoms with Crippen molar-refractivity contribution in [3.8, 4) is 17.3 Å². The average Bonchev–Trinajstić information content (AvgIpc) is 3.52. The molecule has 32 heavy (non-hydrogen) atoms. The highest BCUT2D eigenvalue weighted by Crippen LogP contribution is 2.31. The van der Waals surface area contributed by atoms with Gasteiger partial charge in [0.1, 0.15) is 11.6 Å². The summed E-state index contributed by atoms with van der Waals surface area (Å²) in [5.74, 6) is 1.92. The molecule has 0 aliphatic carbocycles. The number of benzene rings is 2. The maximum Gasteiger partial charge on any atom is 0.227 e. The summed E-state index contributed by atoms with van der Waals surface area (Å²) in [6.45, 7) is 5.75. The van der Waals surface area contributed by atoms with Gasteiger partial charge in [-0.2, -0.15) is 5.10 Å². The maximum absolute atomic E-state index is 13.0. The van der Waals surface area contributed by atoms with Gasteiger partial charge in [-0.05, 0) is 55.8 Å². The summed E-state index contributed by atoms with van der Waals surface area (Å²) in [7, 11) is 0. The van der Waals surface area contributed by atoms with E-state index in [9.17, 15) is 4.79 Å². The van der Waals surface area contributed by atoms with Crippen LogP contribution in [0.5, 0.6) is 5.75 Å². The number of fused-ring (bicyclic) bond motifs is 1. The summed E-state index contributed by atoms with van der Waals surface area (Å²) in [5, 5.41) is 4.90. The zero-order valence-electron chi connectivity index (χ0n) is 18.4. The Morgan fingerprint density at radius 1 is 1.00 bits per heavy atom. The normalized spacial score (nSPS) is 12.8. The molecule has 6 heteroatoms. The SMILES string of the molecule is CCOc1ccc(CC(=O)N2Cc3nn(-c4ccc(C)cc4)c(-n4cccc4)c3C2)cc1. The molecule has 0 radical (unpaired) electrons. The van der Waals surface area contributed by atoms with Crippen molar-refractivity contribution in [3.63, 3.8) is 0 Å². The van der Waals surface area contributed by atoms with Crippen LogP contribution in [-0.2, 0) is 24.3 Å². The molecule has 4 aromatic rings. The predicted octanol–water partition coefficient (Wildman–Crippen LogP) is 4.46. The van der Waals surface area contributed by atoms with E-state index in [1.165, 1.54) is 5.56 Å². The Morgan fingerprint density at radius 3 is 2.41 bits per heavy atom. The standard InChI is InChI=1S/C26H26N4O2/c1-3-32-22-12-8-20(9-13-22)16-25(31)29-17-23-24(18-29)27-30(21-10-6-19(2)7-11-21)26(23)28-14-4-5-15-28/h4-15H,3,16-18H2,1-2H3. The minimum absolute atomic E-state index is 0.104. The predicted molar refractivity (Wildman–Crippen MR) is 123 cm³/mol. The molecule has 162 valence electrons. The van der Waals surface area contributed by atoms with E-state index in [0.717, 1.165) is 34.1 Å². The van der Waals surface area contributed by atoms with Crippen molar-refractivity contribution in [1.82, 2.24) is 19.2 Å². The van der Waals surface area contributed by atoms with Crippen molar-refractivity contribution in [1.29, 1.82) is 0 Å². The van der Waals surface area contributed by atoms with Crippen LogP contribution < -0.4 is 4.74 Å². The van der Waals surface area contributed by atoms with Crippen molar-refractivity contribution in [2.45, 2.75) is 33.4 Å². The van der Waals surface area contributed by atoms with Gasteiger partial charge in [0.25, 0.3) is 0 Å². The lowest BCUT2D eigenvalue weighted by atomic mass is 10.1. The second-order valence-corrected chi connectivity index (χ2v) is 8.09. The minimum atomic E-state index is 0.104. The van der Waals surface area contributed by atoms with Crippen LogP contribution in [0.4, 0.5) is 0 Å². The molecule has 0 fully saturated rings. The van der Waals surface area contributed by atoms with Crippen molar-refractivity contribution in [2.75, 3.05) is 6.61 Å². The first-order valence-electron chi connectivity index (χ1n) is 10.9. The van der Waals surface area contributed by atoms with Crippen molar-refractivity contribution in [3.05, 3.63) is 95.4 Å². The molecule has 1 aliphatic heterocycles. The van der Waals surface area contributed by atoms with Crippen LogP contribution in [0.25, 0.3) is 11.5 Å². The Balaban J connectivity index is 1.39. The Hall–Kier alpha value is -3.80. The zero-order valence-corrected chi connectivity index (χ0v) is 18.4. The third kappa shape index (κ3) is 3.80. The van der Waals surface area contributed by atoms with Gasteiger partial charge in [0.05, 0.1) is 37.5 Å². The van der Waals surface area contributed by atoms with Gasteiger partial charge in [0.2, 0.25) is 5.91 Å². The monoisotopic (exact) mass is 426 g/mol. The number of nitrogens with zero attached hydrogens (tertiary/aromatic N) is 4. The van der Waals surface area contributed by atoms with E-state index in [-0.39, 0.29) is 5.91 Å². The molecule has 5 rings (SSSR count). The molecule has 2 aromatic carbocycles. The highest BCUT2D eigenvalue weighted by atomic mass is 16.5. The van der Waals surface area contributed by atoms with Crippen molar-refractivity contribution in [2.24, 2.45) is 0 Å². The lowest BCUT2D eigenvalue weighted by molar-refractivity contribution is -0.131. The Bertz CT molecular complexity index is 1220. The number of carbonyl (C=O) groups excluding carboxylic acids is 1. The summed E-state index contributed by atoms with van der Waals surface area (Å²) in [5.41, 5.74) is 5.26. The number of amides is 1. The van der Waals surface area contributed by atoms with E-state index in [0.29, 0.717) is 26.1 Å². The summed E-state index contributed by atoms with van der Waals surface area (Å²) in [6, 6.07) is 20.1. The molecule has 0 atom stereocenters. The van der Waals surface area contributed by atoms with Crippen LogP contribution in [0.3, 0.4) is 0 Å². The summed E-state index contributed by atoms with van der Waals surface area (Å²) >= 11 is 0. The van der Waals surface area contributed by atoms with Gasteiger partial charge in [-0.1, -0.05) is 29.8 Å². The number of rotatable bonds is 6. The number of aryl methyl sites for hydroxylation is 1. The number of carbonyl (C=O) groups is 1. The number of hydrogen-bond donors (Lipinski definition) is 0. The Kier molecular flexibility index (Phi) is 5.27. The van der Waals surface area contributed by atoms with Crippen LogP contribution in [0.1, 0.15) is 29.3 Å². The van der Waals surface area contributed by atoms with Gasteiger partial charge in [0, 0.05) is 18.0 Å². The van der Waals surface area contributed by atoms with Gasteiger partial charge in [-0.25, -0.2) is 4.68 Å². The number of hydrogen-bond acceptors (Lipinski definition) is 3. The van der Waals surface area contributed by atoms with Gasteiger partial charge >= 0.3 is 0 Å². The van der Waals surface area contributed by atoms with Crippen molar-refractivity contribution >= 4 is 5.91 Å². The quantitative estimate of drug-likeness (QED) is 0.458. The molecule has 6 nitrogen and oxygen atoms in total. The third-order valence-electron chi connectivity index (χ3n) is 5.80. The summed E-state index contributed by atoms with van der Waals surface area (Å²) in [6.07, 6.45) is 4.41. The first kappa shape index (κ1) is 20.1. The van der Waals surface area contributed by atoms with Crippen molar-refractivity contribution < 1.29 is 9.53 Å². The zero-order chi connectivity index (χ0) is 22.1. The molecule has 3 heterocycles. The van der Waals surface area contributed by atoms with Crippen LogP contribution >= 0.6 is 0 Å². The molecule has 0 saturated carbocycles. The molecular weight excluding hydrogens is 400 g/mol. The molecule has 1 aliphatic rings. The molecule has 1 amide bonds. The van der Waals surface area contributed by atoms with Gasteiger partial charge in [-0.15, -0.1) is 0 Å². The molecule has 0 saturated heterocycles. The summed E-state index contributed by atoms with van der Waals surface area (Å²) in [4.78, 5) is 14.9. The molecule has 0 bridgehead atoms. The third-order valence-corrected chi connectivity index (χ3v) is 5.80. The first-order valence-corrected chi connectivity index (χ1v) is 10.9. The highest BCUT2D eigenvalue weighted by Gasteiger charge is 2.31. The highest BCUT2D eigenvalue weighted by molar-refractivity contribution is 5.79. The topological polar surface area (TPSA) is 52.3 Å². The maximum atomic E-state index is 13.0. The van der Waals surface area contributed by atoms with E-state index < -0.39 is 0 Å². The lowest BCUT2D eigenvalue weighted by Gasteiger charge is -2.18. The number of ether oxygens (including phenoxy) is 1. The van der Waals surface area contributed by atoms with Crippen LogP contribution in [-0.4, -0.2) is 31.8 Å². The van der Waals surface area contributed by atoms with E-state index in [1.807, 2.05) is 65.3 Å². The minimum Gasteiger partial charge on any atom is -0.494 e. The smallest absolute Gasteiger partial charge is 0.227 e. The Labute approximate surface area is 187 Å². The fourth-order valence-corrected chi connectivity index (χ4v) is 4.14. The van der Waals surface area contributed by atoms with Crippen LogP contribution in [0.15, 0.2) is 73.1 Å². The fraction of sp³-hybridized carbons (Fsp3) is 0.231. The molecule has 0 N–H and O–H groups in total. The van der Waals surface area contributed by atoms with E-state index in [4.69, 9.17) is 9.84 Å². The van der Waals surface area contributed by atoms with Crippen LogP contribution in [0.2, 0.25) is 0 Å². The molecule has 0 spiro atoms. The average molecular weight is 427 g/mol. The van der Waals surface area contributed by atoms with Gasteiger partial charge in [-0.3, -0.25) is 4.79 Å². The molecular formula is C26H26N4O2. The van der Waals surface area contributed by atoms with Gasteiger partial charge in [0.15, 0.2) is 0 Å². The second-order valence-electron chi connectivity index (χ2n) is 8.09. The molecule has 2 aromatic heterocycles. The largest absolute Gasteiger partial charge is 0.494 e. The fourth-order valence-electron chi connectivity index (χ4n) is 4.14. The second kappa shape index (κ2) is 8.38. The first-order chi connectivity index (χ1) is 15.6. The van der Waals surface area contributed by atoms with E-state index in [1.54, 1.807) is 0 Å². The molecule has 0 unspecified atom stereocenters. The van der Waals surface area contributed by atoms with E-state index in [2.05, 4.69) is 35.8 Å². The van der Waals surface area contributed by atoms with Crippen LogP contribution in [0, 0.1) is 6.92 Å². The summed E-state index contributed by atoms with van der Waals surface area (Å²) < 4.78 is 9.55. The number of aromatic nitrogens is 3. The Morgan fingerprint density at radius 2 is 1.72 bits per heavy atom. The van der Waals surface area contributed by atoms with Gasteiger partial charge < -0.3 is 14.2 Å². The van der Waals surface area contributed by atoms with E-state index >= 15 is 0 Å². The lowest BCUT2D eigenvalue weighted by Crippen LogP contribution is -2.27.